The zero-order valence-electron chi connectivity index (χ0n) is 11.1. The lowest BCUT2D eigenvalue weighted by molar-refractivity contribution is -0.137. The number of carbonyl (C=O) groups is 1. The van der Waals surface area contributed by atoms with E-state index >= 15 is 0 Å². The summed E-state index contributed by atoms with van der Waals surface area (Å²) in [6, 6.07) is 0.0546. The molecule has 1 unspecified atom stereocenters. The Morgan fingerprint density at radius 2 is 1.88 bits per heavy atom. The van der Waals surface area contributed by atoms with Gasteiger partial charge in [-0.1, -0.05) is 33.6 Å². The molecular formula is C13H26N2O. The molecule has 0 spiro atoms. The fraction of sp³-hybridized carbons (Fsp3) is 0.923. The van der Waals surface area contributed by atoms with Gasteiger partial charge >= 0.3 is 0 Å². The molecule has 0 saturated heterocycles. The van der Waals surface area contributed by atoms with Gasteiger partial charge in [-0.25, -0.2) is 0 Å². The summed E-state index contributed by atoms with van der Waals surface area (Å²) in [5.41, 5.74) is 5.90. The molecule has 0 bridgehead atoms. The number of carbonyl (C=O) groups excluding carboxylic acids is 1. The zero-order valence-corrected chi connectivity index (χ0v) is 11.1. The fourth-order valence-electron chi connectivity index (χ4n) is 2.36. The van der Waals surface area contributed by atoms with Crippen LogP contribution in [0.5, 0.6) is 0 Å². The van der Waals surface area contributed by atoms with Crippen molar-refractivity contribution in [1.82, 2.24) is 4.90 Å². The van der Waals surface area contributed by atoms with Gasteiger partial charge in [-0.05, 0) is 25.2 Å². The van der Waals surface area contributed by atoms with E-state index in [1.54, 1.807) is 0 Å². The molecule has 2 N–H and O–H groups in total. The zero-order chi connectivity index (χ0) is 12.3. The minimum absolute atomic E-state index is 0.127. The van der Waals surface area contributed by atoms with Crippen LogP contribution >= 0.6 is 0 Å². The largest absolute Gasteiger partial charge is 0.339 e. The monoisotopic (exact) mass is 226 g/mol. The summed E-state index contributed by atoms with van der Waals surface area (Å²) in [6.45, 7) is 8.91. The smallest absolute Gasteiger partial charge is 0.240 e. The van der Waals surface area contributed by atoms with Crippen molar-refractivity contribution in [2.75, 3.05) is 6.54 Å². The maximum atomic E-state index is 12.3. The van der Waals surface area contributed by atoms with Crippen LogP contribution < -0.4 is 5.73 Å². The van der Waals surface area contributed by atoms with E-state index < -0.39 is 0 Å². The average Bonchev–Trinajstić information content (AvgIpc) is 2.69. The first kappa shape index (κ1) is 13.5. The summed E-state index contributed by atoms with van der Waals surface area (Å²) in [4.78, 5) is 14.3. The summed E-state index contributed by atoms with van der Waals surface area (Å²) in [7, 11) is 0. The Balaban J connectivity index is 2.69. The van der Waals surface area contributed by atoms with Gasteiger partial charge in [0.25, 0.3) is 0 Å². The van der Waals surface area contributed by atoms with Gasteiger partial charge in [0, 0.05) is 12.6 Å². The molecule has 1 amide bonds. The molecule has 0 aromatic heterocycles. The summed E-state index contributed by atoms with van der Waals surface area (Å²) in [6.07, 6.45) is 4.80. The first-order chi connectivity index (χ1) is 7.38. The molecule has 1 atom stereocenters. The van der Waals surface area contributed by atoms with Gasteiger partial charge in [0.05, 0.1) is 6.04 Å². The number of nitrogens with zero attached hydrogens (tertiary/aromatic N) is 1. The van der Waals surface area contributed by atoms with Gasteiger partial charge in [0.15, 0.2) is 0 Å². The van der Waals surface area contributed by atoms with Crippen molar-refractivity contribution in [3.63, 3.8) is 0 Å². The molecule has 1 aliphatic carbocycles. The van der Waals surface area contributed by atoms with Crippen LogP contribution in [0, 0.1) is 5.41 Å². The van der Waals surface area contributed by atoms with E-state index in [2.05, 4.69) is 0 Å². The third kappa shape index (κ3) is 2.97. The Labute approximate surface area is 99.4 Å². The van der Waals surface area contributed by atoms with Gasteiger partial charge in [0.2, 0.25) is 5.91 Å². The Morgan fingerprint density at radius 1 is 1.38 bits per heavy atom. The Bertz CT molecular complexity index is 239. The lowest BCUT2D eigenvalue weighted by Gasteiger charge is -2.34. The highest BCUT2D eigenvalue weighted by Crippen LogP contribution is 2.26. The predicted molar refractivity (Wildman–Crippen MR) is 67.1 cm³/mol. The van der Waals surface area contributed by atoms with Crippen LogP contribution in [0.2, 0.25) is 0 Å². The van der Waals surface area contributed by atoms with Crippen LogP contribution in [-0.4, -0.2) is 29.4 Å². The van der Waals surface area contributed by atoms with Crippen LogP contribution in [-0.2, 0) is 4.79 Å². The molecule has 3 heteroatoms. The number of hydrogen-bond donors (Lipinski definition) is 1. The number of amides is 1. The van der Waals surface area contributed by atoms with E-state index in [1.165, 1.54) is 12.8 Å². The van der Waals surface area contributed by atoms with Gasteiger partial charge in [-0.2, -0.15) is 0 Å². The minimum Gasteiger partial charge on any atom is -0.339 e. The highest BCUT2D eigenvalue weighted by molar-refractivity contribution is 5.82. The van der Waals surface area contributed by atoms with Crippen LogP contribution in [0.15, 0.2) is 0 Å². The van der Waals surface area contributed by atoms with E-state index in [4.69, 9.17) is 5.73 Å². The standard InChI is InChI=1S/C13H26N2O/c1-5-15(10-8-6-7-9-10)12(16)11(14)13(2,3)4/h10-11H,5-9,14H2,1-4H3. The quantitative estimate of drug-likeness (QED) is 0.801. The van der Waals surface area contributed by atoms with Crippen LogP contribution in [0.4, 0.5) is 0 Å². The Kier molecular flexibility index (Phi) is 4.36. The second kappa shape index (κ2) is 5.17. The summed E-state index contributed by atoms with van der Waals surface area (Å²) < 4.78 is 0. The van der Waals surface area contributed by atoms with Gasteiger partial charge in [0.1, 0.15) is 0 Å². The third-order valence-corrected chi connectivity index (χ3v) is 3.59. The summed E-state index contributed by atoms with van der Waals surface area (Å²) in [5, 5.41) is 0. The molecule has 0 aromatic rings. The molecule has 94 valence electrons. The van der Waals surface area contributed by atoms with E-state index in [0.717, 1.165) is 19.4 Å². The van der Waals surface area contributed by atoms with Crippen LogP contribution in [0.25, 0.3) is 0 Å². The molecule has 1 aliphatic rings. The Hall–Kier alpha value is -0.570. The van der Waals surface area contributed by atoms with Crippen molar-refractivity contribution in [2.45, 2.75) is 65.5 Å². The maximum absolute atomic E-state index is 12.3. The lowest BCUT2D eigenvalue weighted by atomic mass is 9.86. The van der Waals surface area contributed by atoms with Crippen molar-refractivity contribution < 1.29 is 4.79 Å². The normalized spacial score (nSPS) is 19.8. The molecule has 0 aliphatic heterocycles. The number of likely N-dealkylation sites (N-methyl/N-ethyl adjacent to an activating group) is 1. The van der Waals surface area contributed by atoms with Gasteiger partial charge < -0.3 is 10.6 Å². The van der Waals surface area contributed by atoms with Gasteiger partial charge in [-0.15, -0.1) is 0 Å². The molecule has 3 nitrogen and oxygen atoms in total. The molecule has 1 saturated carbocycles. The summed E-state index contributed by atoms with van der Waals surface area (Å²) >= 11 is 0. The van der Waals surface area contributed by atoms with Gasteiger partial charge in [-0.3, -0.25) is 4.79 Å². The third-order valence-electron chi connectivity index (χ3n) is 3.59. The SMILES string of the molecule is CCN(C(=O)C(N)C(C)(C)C)C1CCCC1. The number of nitrogens with two attached hydrogens (primary N) is 1. The number of rotatable bonds is 3. The molecule has 16 heavy (non-hydrogen) atoms. The highest BCUT2D eigenvalue weighted by atomic mass is 16.2. The molecule has 0 radical (unpaired) electrons. The van der Waals surface area contributed by atoms with E-state index in [-0.39, 0.29) is 17.4 Å². The maximum Gasteiger partial charge on any atom is 0.240 e. The van der Waals surface area contributed by atoms with Crippen molar-refractivity contribution >= 4 is 5.91 Å². The topological polar surface area (TPSA) is 46.3 Å². The van der Waals surface area contributed by atoms with E-state index in [0.29, 0.717) is 6.04 Å². The molecule has 0 aromatic carbocycles. The predicted octanol–water partition coefficient (Wildman–Crippen LogP) is 2.15. The molecule has 1 fully saturated rings. The Morgan fingerprint density at radius 3 is 2.25 bits per heavy atom. The number of hydrogen-bond acceptors (Lipinski definition) is 2. The molecular weight excluding hydrogens is 200 g/mol. The van der Waals surface area contributed by atoms with E-state index in [1.807, 2.05) is 32.6 Å². The summed E-state index contributed by atoms with van der Waals surface area (Å²) in [5.74, 6) is 0.127. The molecule has 1 rings (SSSR count). The van der Waals surface area contributed by atoms with Crippen LogP contribution in [0.1, 0.15) is 53.4 Å². The lowest BCUT2D eigenvalue weighted by Crippen LogP contribution is -2.52. The minimum atomic E-state index is -0.381. The average molecular weight is 226 g/mol. The molecule has 0 heterocycles. The second-order valence-corrected chi connectivity index (χ2v) is 5.91. The van der Waals surface area contributed by atoms with Crippen molar-refractivity contribution in [2.24, 2.45) is 11.1 Å². The van der Waals surface area contributed by atoms with Crippen LogP contribution in [0.3, 0.4) is 0 Å². The second-order valence-electron chi connectivity index (χ2n) is 5.91. The first-order valence-corrected chi connectivity index (χ1v) is 6.44. The van der Waals surface area contributed by atoms with Crippen molar-refractivity contribution in [1.29, 1.82) is 0 Å². The first-order valence-electron chi connectivity index (χ1n) is 6.44. The highest BCUT2D eigenvalue weighted by Gasteiger charge is 2.34. The van der Waals surface area contributed by atoms with Crippen molar-refractivity contribution in [3.05, 3.63) is 0 Å². The fourth-order valence-corrected chi connectivity index (χ4v) is 2.36. The van der Waals surface area contributed by atoms with Crippen molar-refractivity contribution in [3.8, 4) is 0 Å². The van der Waals surface area contributed by atoms with E-state index in [9.17, 15) is 4.79 Å².